The standard InChI is InChI=1S/C18H28FNO/c1-3-14-7-5-10-17(11-14)21-18(13-20-4-2)15-8-6-9-16(19)12-15/h6,8-9,12,14,17-18,20H,3-5,7,10-11,13H2,1-2H3. The van der Waals surface area contributed by atoms with Crippen LogP contribution in [0.5, 0.6) is 0 Å². The molecule has 3 unspecified atom stereocenters. The Kier molecular flexibility index (Phi) is 6.65. The summed E-state index contributed by atoms with van der Waals surface area (Å²) in [6.07, 6.45) is 6.35. The number of hydrogen-bond acceptors (Lipinski definition) is 2. The Morgan fingerprint density at radius 1 is 1.33 bits per heavy atom. The summed E-state index contributed by atoms with van der Waals surface area (Å²) in [5.41, 5.74) is 0.939. The molecule has 1 aromatic rings. The van der Waals surface area contributed by atoms with Crippen molar-refractivity contribution in [1.29, 1.82) is 0 Å². The molecular formula is C18H28FNO. The van der Waals surface area contributed by atoms with Crippen LogP contribution in [0.15, 0.2) is 24.3 Å². The Balaban J connectivity index is 2.02. The maximum absolute atomic E-state index is 13.5. The van der Waals surface area contributed by atoms with E-state index in [1.54, 1.807) is 12.1 Å². The van der Waals surface area contributed by atoms with Gasteiger partial charge in [0, 0.05) is 6.54 Å². The zero-order valence-electron chi connectivity index (χ0n) is 13.3. The van der Waals surface area contributed by atoms with Gasteiger partial charge in [0.2, 0.25) is 0 Å². The third kappa shape index (κ3) is 5.08. The van der Waals surface area contributed by atoms with Crippen molar-refractivity contribution in [3.63, 3.8) is 0 Å². The SMILES string of the molecule is CCNCC(OC1CCCC(CC)C1)c1cccc(F)c1. The van der Waals surface area contributed by atoms with E-state index >= 15 is 0 Å². The number of likely N-dealkylation sites (N-methyl/N-ethyl adjacent to an activating group) is 1. The summed E-state index contributed by atoms with van der Waals surface area (Å²) in [4.78, 5) is 0. The van der Waals surface area contributed by atoms with Crippen molar-refractivity contribution in [2.45, 2.75) is 58.2 Å². The Hall–Kier alpha value is -0.930. The van der Waals surface area contributed by atoms with Crippen LogP contribution in [0.3, 0.4) is 0 Å². The third-order valence-corrected chi connectivity index (χ3v) is 4.47. The molecule has 118 valence electrons. The minimum absolute atomic E-state index is 0.0544. The third-order valence-electron chi connectivity index (χ3n) is 4.47. The summed E-state index contributed by atoms with van der Waals surface area (Å²) in [5.74, 6) is 0.601. The molecule has 1 aliphatic carbocycles. The molecule has 0 aliphatic heterocycles. The summed E-state index contributed by atoms with van der Waals surface area (Å²) in [6.45, 7) is 5.98. The molecule has 2 rings (SSSR count). The van der Waals surface area contributed by atoms with Gasteiger partial charge in [-0.05, 0) is 43.0 Å². The van der Waals surface area contributed by atoms with Crippen molar-refractivity contribution in [3.8, 4) is 0 Å². The average Bonchev–Trinajstić information content (AvgIpc) is 2.51. The normalized spacial score (nSPS) is 24.0. The minimum atomic E-state index is -0.187. The molecule has 0 amide bonds. The molecule has 0 radical (unpaired) electrons. The van der Waals surface area contributed by atoms with Crippen molar-refractivity contribution in [2.75, 3.05) is 13.1 Å². The molecule has 1 aromatic carbocycles. The number of nitrogens with one attached hydrogen (secondary N) is 1. The largest absolute Gasteiger partial charge is 0.369 e. The van der Waals surface area contributed by atoms with Gasteiger partial charge in [-0.3, -0.25) is 0 Å². The van der Waals surface area contributed by atoms with Crippen LogP contribution in [-0.2, 0) is 4.74 Å². The monoisotopic (exact) mass is 293 g/mol. The Labute approximate surface area is 128 Å². The van der Waals surface area contributed by atoms with E-state index in [9.17, 15) is 4.39 Å². The van der Waals surface area contributed by atoms with Crippen molar-refractivity contribution >= 4 is 0 Å². The lowest BCUT2D eigenvalue weighted by atomic mass is 9.85. The zero-order valence-corrected chi connectivity index (χ0v) is 13.3. The summed E-state index contributed by atoms with van der Waals surface area (Å²) >= 11 is 0. The molecule has 0 bridgehead atoms. The van der Waals surface area contributed by atoms with Gasteiger partial charge in [-0.15, -0.1) is 0 Å². The van der Waals surface area contributed by atoms with Crippen LogP contribution in [0.25, 0.3) is 0 Å². The molecule has 2 nitrogen and oxygen atoms in total. The van der Waals surface area contributed by atoms with Crippen LogP contribution in [0.2, 0.25) is 0 Å². The highest BCUT2D eigenvalue weighted by Crippen LogP contribution is 2.31. The Morgan fingerprint density at radius 2 is 2.19 bits per heavy atom. The van der Waals surface area contributed by atoms with Crippen molar-refractivity contribution < 1.29 is 9.13 Å². The summed E-state index contributed by atoms with van der Waals surface area (Å²) in [5, 5.41) is 3.33. The first-order valence-corrected chi connectivity index (χ1v) is 8.34. The van der Waals surface area contributed by atoms with E-state index in [0.717, 1.165) is 37.4 Å². The van der Waals surface area contributed by atoms with E-state index in [1.807, 2.05) is 6.07 Å². The molecule has 1 N–H and O–H groups in total. The second kappa shape index (κ2) is 8.50. The topological polar surface area (TPSA) is 21.3 Å². The molecule has 1 aliphatic rings. The molecule has 21 heavy (non-hydrogen) atoms. The fourth-order valence-corrected chi connectivity index (χ4v) is 3.20. The van der Waals surface area contributed by atoms with E-state index in [4.69, 9.17) is 4.74 Å². The molecule has 3 heteroatoms. The van der Waals surface area contributed by atoms with Crippen LogP contribution >= 0.6 is 0 Å². The lowest BCUT2D eigenvalue weighted by Crippen LogP contribution is -2.29. The predicted molar refractivity (Wildman–Crippen MR) is 84.8 cm³/mol. The number of halogens is 1. The van der Waals surface area contributed by atoms with Gasteiger partial charge in [-0.25, -0.2) is 4.39 Å². The second-order valence-corrected chi connectivity index (χ2v) is 6.05. The lowest BCUT2D eigenvalue weighted by Gasteiger charge is -2.32. The van der Waals surface area contributed by atoms with E-state index in [2.05, 4.69) is 19.2 Å². The predicted octanol–water partition coefficient (Wildman–Crippen LogP) is 4.46. The van der Waals surface area contributed by atoms with E-state index in [1.165, 1.54) is 25.3 Å². The van der Waals surface area contributed by atoms with Gasteiger partial charge in [0.1, 0.15) is 5.82 Å². The minimum Gasteiger partial charge on any atom is -0.369 e. The molecule has 0 saturated heterocycles. The number of ether oxygens (including phenoxy) is 1. The first-order valence-electron chi connectivity index (χ1n) is 8.34. The fraction of sp³-hybridized carbons (Fsp3) is 0.667. The summed E-state index contributed by atoms with van der Waals surface area (Å²) < 4.78 is 19.8. The maximum Gasteiger partial charge on any atom is 0.123 e. The van der Waals surface area contributed by atoms with Gasteiger partial charge in [-0.2, -0.15) is 0 Å². The number of benzene rings is 1. The molecular weight excluding hydrogens is 265 g/mol. The average molecular weight is 293 g/mol. The van der Waals surface area contributed by atoms with Crippen LogP contribution in [0.1, 0.15) is 57.6 Å². The van der Waals surface area contributed by atoms with Crippen molar-refractivity contribution in [2.24, 2.45) is 5.92 Å². The smallest absolute Gasteiger partial charge is 0.123 e. The maximum atomic E-state index is 13.5. The molecule has 0 spiro atoms. The van der Waals surface area contributed by atoms with Gasteiger partial charge < -0.3 is 10.1 Å². The van der Waals surface area contributed by atoms with Gasteiger partial charge in [-0.1, -0.05) is 45.2 Å². The molecule has 0 heterocycles. The van der Waals surface area contributed by atoms with Crippen LogP contribution in [-0.4, -0.2) is 19.2 Å². The molecule has 1 fully saturated rings. The van der Waals surface area contributed by atoms with Gasteiger partial charge in [0.25, 0.3) is 0 Å². The quantitative estimate of drug-likeness (QED) is 0.801. The molecule has 3 atom stereocenters. The fourth-order valence-electron chi connectivity index (χ4n) is 3.20. The van der Waals surface area contributed by atoms with Crippen LogP contribution in [0.4, 0.5) is 4.39 Å². The second-order valence-electron chi connectivity index (χ2n) is 6.05. The van der Waals surface area contributed by atoms with Gasteiger partial charge >= 0.3 is 0 Å². The van der Waals surface area contributed by atoms with Crippen LogP contribution < -0.4 is 5.32 Å². The molecule has 0 aromatic heterocycles. The Bertz CT molecular complexity index is 423. The summed E-state index contributed by atoms with van der Waals surface area (Å²) in [7, 11) is 0. The van der Waals surface area contributed by atoms with E-state index in [0.29, 0.717) is 6.10 Å². The van der Waals surface area contributed by atoms with Crippen molar-refractivity contribution in [1.82, 2.24) is 5.32 Å². The first-order chi connectivity index (χ1) is 10.2. The Morgan fingerprint density at radius 3 is 2.90 bits per heavy atom. The van der Waals surface area contributed by atoms with Crippen LogP contribution in [0, 0.1) is 11.7 Å². The first kappa shape index (κ1) is 16.4. The number of rotatable bonds is 7. The highest BCUT2D eigenvalue weighted by Gasteiger charge is 2.24. The van der Waals surface area contributed by atoms with E-state index in [-0.39, 0.29) is 11.9 Å². The van der Waals surface area contributed by atoms with Gasteiger partial charge in [0.05, 0.1) is 12.2 Å². The highest BCUT2D eigenvalue weighted by molar-refractivity contribution is 5.19. The van der Waals surface area contributed by atoms with Crippen molar-refractivity contribution in [3.05, 3.63) is 35.6 Å². The molecule has 1 saturated carbocycles. The number of hydrogen-bond donors (Lipinski definition) is 1. The van der Waals surface area contributed by atoms with E-state index < -0.39 is 0 Å². The zero-order chi connectivity index (χ0) is 15.1. The van der Waals surface area contributed by atoms with Gasteiger partial charge in [0.15, 0.2) is 0 Å². The lowest BCUT2D eigenvalue weighted by molar-refractivity contribution is -0.0414. The summed E-state index contributed by atoms with van der Waals surface area (Å²) in [6, 6.07) is 6.82. The highest BCUT2D eigenvalue weighted by atomic mass is 19.1.